The van der Waals surface area contributed by atoms with Crippen LogP contribution in [0.5, 0.6) is 0 Å². The number of halogens is 1. The molecule has 1 aromatic carbocycles. The van der Waals surface area contributed by atoms with E-state index in [4.69, 9.17) is 9.72 Å². The lowest BCUT2D eigenvalue weighted by Gasteiger charge is -2.26. The third kappa shape index (κ3) is 7.45. The summed E-state index contributed by atoms with van der Waals surface area (Å²) in [5.74, 6) is -0.0139. The number of pyridine rings is 2. The molecule has 5 rings (SSSR count). The number of morpholine rings is 1. The monoisotopic (exact) mass is 603 g/mol. The summed E-state index contributed by atoms with van der Waals surface area (Å²) in [6.07, 6.45) is 6.18. The van der Waals surface area contributed by atoms with Crippen LogP contribution in [-0.2, 0) is 20.9 Å². The standard InChI is InChI=1S/C31H34FN7O3S/c1-20(40)35-27-17-23(9-10-33-27)26-19-34-28(36-21(2)41)18-25(26)30-29(22-5-7-24(32)8-6-22)37-31(43-3)39(30)12-4-11-38-13-15-42-16-14-38/h5-10,17-19H,4,11-16H2,1-3H3,(H,33,35,40)(H,34,36,41). The highest BCUT2D eigenvalue weighted by molar-refractivity contribution is 7.98. The molecule has 0 unspecified atom stereocenters. The van der Waals surface area contributed by atoms with Crippen molar-refractivity contribution in [1.29, 1.82) is 0 Å². The Bertz CT molecular complexity index is 1600. The van der Waals surface area contributed by atoms with Crippen molar-refractivity contribution in [3.63, 3.8) is 0 Å². The molecule has 2 amide bonds. The van der Waals surface area contributed by atoms with Gasteiger partial charge >= 0.3 is 0 Å². The van der Waals surface area contributed by atoms with Gasteiger partial charge in [0.15, 0.2) is 5.16 Å². The number of amides is 2. The number of benzene rings is 1. The number of carbonyl (C=O) groups is 2. The van der Waals surface area contributed by atoms with Crippen molar-refractivity contribution in [2.45, 2.75) is 32.0 Å². The number of thioether (sulfide) groups is 1. The maximum absolute atomic E-state index is 14.0. The minimum Gasteiger partial charge on any atom is -0.379 e. The van der Waals surface area contributed by atoms with Gasteiger partial charge in [-0.1, -0.05) is 11.8 Å². The molecule has 2 N–H and O–H groups in total. The van der Waals surface area contributed by atoms with Gasteiger partial charge in [-0.3, -0.25) is 14.5 Å². The van der Waals surface area contributed by atoms with Gasteiger partial charge in [0.2, 0.25) is 11.8 Å². The van der Waals surface area contributed by atoms with Gasteiger partial charge in [0.1, 0.15) is 17.5 Å². The zero-order valence-corrected chi connectivity index (χ0v) is 25.2. The Morgan fingerprint density at radius 3 is 2.30 bits per heavy atom. The summed E-state index contributed by atoms with van der Waals surface area (Å²) in [5.41, 5.74) is 4.57. The Morgan fingerprint density at radius 1 is 0.930 bits per heavy atom. The van der Waals surface area contributed by atoms with Crippen LogP contribution in [0.3, 0.4) is 0 Å². The molecular formula is C31H34FN7O3S. The van der Waals surface area contributed by atoms with Crippen LogP contribution in [0.25, 0.3) is 33.6 Å². The van der Waals surface area contributed by atoms with Crippen LogP contribution in [0, 0.1) is 5.82 Å². The van der Waals surface area contributed by atoms with Crippen LogP contribution >= 0.6 is 11.8 Å². The van der Waals surface area contributed by atoms with Crippen molar-refractivity contribution in [2.75, 3.05) is 49.7 Å². The molecule has 0 atom stereocenters. The van der Waals surface area contributed by atoms with E-state index >= 15 is 0 Å². The van der Waals surface area contributed by atoms with E-state index in [2.05, 4.69) is 30.1 Å². The average Bonchev–Trinajstić information content (AvgIpc) is 3.36. The van der Waals surface area contributed by atoms with Crippen LogP contribution in [0.15, 0.2) is 60.0 Å². The third-order valence-electron chi connectivity index (χ3n) is 7.03. The number of imidazole rings is 1. The first-order valence-electron chi connectivity index (χ1n) is 14.0. The van der Waals surface area contributed by atoms with Crippen LogP contribution < -0.4 is 10.6 Å². The lowest BCUT2D eigenvalue weighted by atomic mass is 9.97. The molecule has 0 radical (unpaired) electrons. The molecule has 10 nitrogen and oxygen atoms in total. The van der Waals surface area contributed by atoms with Gasteiger partial charge in [-0.2, -0.15) is 0 Å². The highest BCUT2D eigenvalue weighted by Gasteiger charge is 2.24. The van der Waals surface area contributed by atoms with E-state index < -0.39 is 0 Å². The Hall–Kier alpha value is -4.13. The molecule has 1 fully saturated rings. The topological polar surface area (TPSA) is 114 Å². The molecule has 0 aliphatic carbocycles. The molecule has 0 saturated carbocycles. The Morgan fingerprint density at radius 2 is 1.63 bits per heavy atom. The number of carbonyl (C=O) groups excluding carboxylic acids is 2. The number of aromatic nitrogens is 4. The van der Waals surface area contributed by atoms with E-state index in [0.717, 1.165) is 72.4 Å². The molecule has 43 heavy (non-hydrogen) atoms. The molecule has 1 saturated heterocycles. The Balaban J connectivity index is 1.68. The van der Waals surface area contributed by atoms with Gasteiger partial charge in [0, 0.05) is 69.1 Å². The van der Waals surface area contributed by atoms with Crippen LogP contribution in [0.1, 0.15) is 20.3 Å². The second-order valence-electron chi connectivity index (χ2n) is 10.2. The van der Waals surface area contributed by atoms with Gasteiger partial charge in [0.25, 0.3) is 0 Å². The lowest BCUT2D eigenvalue weighted by molar-refractivity contribution is -0.115. The zero-order chi connectivity index (χ0) is 30.3. The number of nitrogens with one attached hydrogen (secondary N) is 2. The predicted octanol–water partition coefficient (Wildman–Crippen LogP) is 5.17. The molecule has 4 aromatic rings. The van der Waals surface area contributed by atoms with Gasteiger partial charge in [-0.25, -0.2) is 19.3 Å². The highest BCUT2D eigenvalue weighted by Crippen LogP contribution is 2.41. The number of hydrogen-bond donors (Lipinski definition) is 2. The number of anilines is 2. The molecular weight excluding hydrogens is 569 g/mol. The molecule has 0 spiro atoms. The summed E-state index contributed by atoms with van der Waals surface area (Å²) < 4.78 is 21.7. The zero-order valence-electron chi connectivity index (χ0n) is 24.4. The minimum absolute atomic E-state index is 0.231. The van der Waals surface area contributed by atoms with E-state index in [-0.39, 0.29) is 17.6 Å². The summed E-state index contributed by atoms with van der Waals surface area (Å²) in [6, 6.07) is 11.8. The Labute approximate surface area is 254 Å². The average molecular weight is 604 g/mol. The van der Waals surface area contributed by atoms with E-state index in [1.165, 1.54) is 37.7 Å². The van der Waals surface area contributed by atoms with Gasteiger partial charge in [-0.05, 0) is 60.7 Å². The first kappa shape index (κ1) is 30.3. The molecule has 1 aliphatic heterocycles. The van der Waals surface area contributed by atoms with Crippen molar-refractivity contribution in [1.82, 2.24) is 24.4 Å². The second kappa shape index (κ2) is 13.9. The smallest absolute Gasteiger partial charge is 0.222 e. The first-order valence-corrected chi connectivity index (χ1v) is 15.3. The third-order valence-corrected chi connectivity index (χ3v) is 7.71. The van der Waals surface area contributed by atoms with Crippen molar-refractivity contribution in [3.05, 3.63) is 60.7 Å². The lowest BCUT2D eigenvalue weighted by Crippen LogP contribution is -2.37. The molecule has 3 aromatic heterocycles. The minimum atomic E-state index is -0.333. The molecule has 12 heteroatoms. The van der Waals surface area contributed by atoms with Crippen molar-refractivity contribution < 1.29 is 18.7 Å². The largest absolute Gasteiger partial charge is 0.379 e. The van der Waals surface area contributed by atoms with E-state index in [0.29, 0.717) is 23.9 Å². The molecule has 224 valence electrons. The van der Waals surface area contributed by atoms with Crippen LogP contribution in [0.4, 0.5) is 16.0 Å². The highest BCUT2D eigenvalue weighted by atomic mass is 32.2. The molecule has 0 bridgehead atoms. The summed E-state index contributed by atoms with van der Waals surface area (Å²) in [6.45, 7) is 7.73. The summed E-state index contributed by atoms with van der Waals surface area (Å²) >= 11 is 1.54. The first-order chi connectivity index (χ1) is 20.8. The van der Waals surface area contributed by atoms with Gasteiger partial charge in [0.05, 0.1) is 24.6 Å². The fourth-order valence-electron chi connectivity index (χ4n) is 5.13. The fraction of sp³-hybridized carbons (Fsp3) is 0.323. The van der Waals surface area contributed by atoms with E-state index in [1.54, 1.807) is 30.6 Å². The summed E-state index contributed by atoms with van der Waals surface area (Å²) in [4.78, 5) is 40.0. The van der Waals surface area contributed by atoms with Gasteiger partial charge in [-0.15, -0.1) is 0 Å². The predicted molar refractivity (Wildman–Crippen MR) is 166 cm³/mol. The molecule has 1 aliphatic rings. The fourth-order valence-corrected chi connectivity index (χ4v) is 5.72. The van der Waals surface area contributed by atoms with Gasteiger partial charge < -0.3 is 19.9 Å². The summed E-state index contributed by atoms with van der Waals surface area (Å²) in [5, 5.41) is 6.36. The number of ether oxygens (including phenoxy) is 1. The normalized spacial score (nSPS) is 13.6. The Kier molecular flexibility index (Phi) is 9.80. The maximum Gasteiger partial charge on any atom is 0.222 e. The molecule has 4 heterocycles. The van der Waals surface area contributed by atoms with Crippen molar-refractivity contribution in [3.8, 4) is 33.6 Å². The van der Waals surface area contributed by atoms with Crippen LogP contribution in [-0.4, -0.2) is 75.3 Å². The SMILES string of the molecule is CSc1nc(-c2ccc(F)cc2)c(-c2cc(NC(C)=O)ncc2-c2ccnc(NC(C)=O)c2)n1CCCN1CCOCC1. The van der Waals surface area contributed by atoms with Crippen molar-refractivity contribution in [2.24, 2.45) is 0 Å². The van der Waals surface area contributed by atoms with Crippen molar-refractivity contribution >= 4 is 35.2 Å². The van der Waals surface area contributed by atoms with Crippen LogP contribution in [0.2, 0.25) is 0 Å². The number of nitrogens with zero attached hydrogens (tertiary/aromatic N) is 5. The maximum atomic E-state index is 14.0. The second-order valence-corrected chi connectivity index (χ2v) is 10.9. The number of hydrogen-bond acceptors (Lipinski definition) is 8. The van der Waals surface area contributed by atoms with E-state index in [1.807, 2.05) is 18.4 Å². The summed E-state index contributed by atoms with van der Waals surface area (Å²) in [7, 11) is 0. The quantitative estimate of drug-likeness (QED) is 0.239. The van der Waals surface area contributed by atoms with E-state index in [9.17, 15) is 14.0 Å². The number of rotatable bonds is 10.